The van der Waals surface area contributed by atoms with Gasteiger partial charge < -0.3 is 0 Å². The maximum atomic E-state index is 13.3. The number of nitrogens with zero attached hydrogens (tertiary/aromatic N) is 6. The predicted molar refractivity (Wildman–Crippen MR) is 110 cm³/mol. The van der Waals surface area contributed by atoms with Crippen LogP contribution in [0.1, 0.15) is 18.1 Å². The number of benzene rings is 1. The van der Waals surface area contributed by atoms with Gasteiger partial charge in [-0.25, -0.2) is 9.80 Å². The summed E-state index contributed by atoms with van der Waals surface area (Å²) in [6.45, 7) is 8.77. The van der Waals surface area contributed by atoms with E-state index in [2.05, 4.69) is 16.7 Å². The van der Waals surface area contributed by atoms with Crippen molar-refractivity contribution >= 4 is 22.8 Å². The van der Waals surface area contributed by atoms with Gasteiger partial charge in [0.2, 0.25) is 5.95 Å². The van der Waals surface area contributed by atoms with Crippen LogP contribution in [-0.2, 0) is 20.1 Å². The number of fused-ring (bicyclic) bond motifs is 3. The zero-order valence-corrected chi connectivity index (χ0v) is 16.2. The monoisotopic (exact) mass is 378 g/mol. The Labute approximate surface area is 161 Å². The van der Waals surface area contributed by atoms with Crippen LogP contribution in [0.25, 0.3) is 11.2 Å². The lowest BCUT2D eigenvalue weighted by molar-refractivity contribution is 0.651. The highest BCUT2D eigenvalue weighted by molar-refractivity contribution is 5.87. The van der Waals surface area contributed by atoms with Crippen molar-refractivity contribution < 1.29 is 0 Å². The van der Waals surface area contributed by atoms with Gasteiger partial charge in [0.05, 0.1) is 25.3 Å². The Kier molecular flexibility index (Phi) is 4.26. The second-order valence-electron chi connectivity index (χ2n) is 7.04. The number of aromatic nitrogens is 4. The molecule has 0 unspecified atom stereocenters. The third-order valence-corrected chi connectivity index (χ3v) is 5.01. The molecular weight excluding hydrogens is 356 g/mol. The molecule has 0 saturated heterocycles. The second-order valence-corrected chi connectivity index (χ2v) is 7.04. The molecule has 3 heterocycles. The molecule has 8 nitrogen and oxygen atoms in total. The maximum absolute atomic E-state index is 13.3. The average Bonchev–Trinajstić information content (AvgIpc) is 3.05. The maximum Gasteiger partial charge on any atom is 0.332 e. The Morgan fingerprint density at radius 3 is 2.68 bits per heavy atom. The summed E-state index contributed by atoms with van der Waals surface area (Å²) in [5.74, 6) is 0.543. The lowest BCUT2D eigenvalue weighted by atomic mass is 10.1. The highest BCUT2D eigenvalue weighted by atomic mass is 16.2. The molecule has 8 heteroatoms. The first-order valence-electron chi connectivity index (χ1n) is 9.09. The van der Waals surface area contributed by atoms with Gasteiger partial charge in [-0.05, 0) is 25.0 Å². The number of rotatable bonds is 4. The first kappa shape index (κ1) is 18.0. The highest BCUT2D eigenvalue weighted by Gasteiger charge is 2.26. The largest absolute Gasteiger partial charge is 0.332 e. The van der Waals surface area contributed by atoms with Crippen molar-refractivity contribution in [2.24, 2.45) is 12.1 Å². The third-order valence-electron chi connectivity index (χ3n) is 5.01. The van der Waals surface area contributed by atoms with E-state index in [0.29, 0.717) is 30.2 Å². The number of aryl methyl sites for hydroxylation is 2. The number of hydrogen-bond acceptors (Lipinski definition) is 5. The third kappa shape index (κ3) is 2.69. The zero-order chi connectivity index (χ0) is 20.0. The molecule has 4 rings (SSSR count). The van der Waals surface area contributed by atoms with E-state index in [1.807, 2.05) is 42.7 Å². The van der Waals surface area contributed by atoms with Crippen molar-refractivity contribution in [3.05, 3.63) is 68.9 Å². The summed E-state index contributed by atoms with van der Waals surface area (Å²) in [5.41, 5.74) is 2.88. The van der Waals surface area contributed by atoms with Crippen molar-refractivity contribution in [2.75, 3.05) is 11.6 Å². The summed E-state index contributed by atoms with van der Waals surface area (Å²) in [5, 5.41) is 6.19. The van der Waals surface area contributed by atoms with E-state index in [1.54, 1.807) is 18.1 Å². The van der Waals surface area contributed by atoms with E-state index in [1.165, 1.54) is 9.13 Å². The van der Waals surface area contributed by atoms with Crippen molar-refractivity contribution in [3.63, 3.8) is 0 Å². The molecule has 0 N–H and O–H groups in total. The van der Waals surface area contributed by atoms with Crippen LogP contribution in [0.3, 0.4) is 0 Å². The summed E-state index contributed by atoms with van der Waals surface area (Å²) in [6, 6.07) is 7.74. The Balaban J connectivity index is 1.97. The molecule has 0 saturated carbocycles. The van der Waals surface area contributed by atoms with Crippen LogP contribution in [0.2, 0.25) is 0 Å². The topological polar surface area (TPSA) is 77.4 Å². The van der Waals surface area contributed by atoms with Crippen LogP contribution in [0, 0.1) is 6.92 Å². The van der Waals surface area contributed by atoms with Crippen molar-refractivity contribution in [1.82, 2.24) is 18.7 Å². The molecule has 3 aromatic rings. The molecule has 1 aliphatic rings. The van der Waals surface area contributed by atoms with Crippen LogP contribution in [-0.4, -0.2) is 30.9 Å². The van der Waals surface area contributed by atoms with Crippen LogP contribution in [0.5, 0.6) is 0 Å². The van der Waals surface area contributed by atoms with Gasteiger partial charge in [-0.1, -0.05) is 30.3 Å². The minimum Gasteiger partial charge on any atom is -0.297 e. The molecule has 0 radical (unpaired) electrons. The highest BCUT2D eigenvalue weighted by Crippen LogP contribution is 2.23. The number of hydrazone groups is 1. The number of hydrogen-bond donors (Lipinski definition) is 0. The Morgan fingerprint density at radius 2 is 1.96 bits per heavy atom. The van der Waals surface area contributed by atoms with Gasteiger partial charge in [-0.3, -0.25) is 18.5 Å². The van der Waals surface area contributed by atoms with E-state index in [4.69, 9.17) is 0 Å². The van der Waals surface area contributed by atoms with Crippen LogP contribution >= 0.6 is 0 Å². The number of imidazole rings is 1. The SMILES string of the molecule is C=CCN1N=C(C)Cn2c1nc1c2c(=O)n(Cc2ccccc2C)c(=O)n1C. The molecule has 0 atom stereocenters. The van der Waals surface area contributed by atoms with Gasteiger partial charge in [0.15, 0.2) is 11.2 Å². The fourth-order valence-corrected chi connectivity index (χ4v) is 3.56. The van der Waals surface area contributed by atoms with Crippen LogP contribution in [0.4, 0.5) is 5.95 Å². The predicted octanol–water partition coefficient (Wildman–Crippen LogP) is 1.64. The van der Waals surface area contributed by atoms with Crippen LogP contribution < -0.4 is 16.3 Å². The second kappa shape index (κ2) is 6.63. The van der Waals surface area contributed by atoms with Crippen LogP contribution in [0.15, 0.2) is 51.6 Å². The molecule has 2 aromatic heterocycles. The number of anilines is 1. The van der Waals surface area contributed by atoms with Crippen molar-refractivity contribution in [1.29, 1.82) is 0 Å². The molecule has 0 aliphatic carbocycles. The fraction of sp³-hybridized carbons (Fsp3) is 0.300. The summed E-state index contributed by atoms with van der Waals surface area (Å²) in [6.07, 6.45) is 1.72. The van der Waals surface area contributed by atoms with Gasteiger partial charge in [-0.2, -0.15) is 10.1 Å². The molecule has 0 fully saturated rings. The molecular formula is C20H22N6O2. The summed E-state index contributed by atoms with van der Waals surface area (Å²) in [7, 11) is 1.64. The van der Waals surface area contributed by atoms with E-state index >= 15 is 0 Å². The quantitative estimate of drug-likeness (QED) is 0.647. The normalized spacial score (nSPS) is 13.5. The summed E-state index contributed by atoms with van der Waals surface area (Å²) in [4.78, 5) is 30.8. The van der Waals surface area contributed by atoms with E-state index in [9.17, 15) is 9.59 Å². The Hall–Kier alpha value is -3.42. The average molecular weight is 378 g/mol. The lowest BCUT2D eigenvalue weighted by Gasteiger charge is -2.23. The summed E-state index contributed by atoms with van der Waals surface area (Å²) >= 11 is 0. The molecule has 1 aliphatic heterocycles. The van der Waals surface area contributed by atoms with Crippen molar-refractivity contribution in [3.8, 4) is 0 Å². The fourth-order valence-electron chi connectivity index (χ4n) is 3.56. The minimum absolute atomic E-state index is 0.220. The standard InChI is InChI=1S/C20H22N6O2/c1-5-10-26-19-21-17-16(24(19)11-14(3)22-26)18(27)25(20(28)23(17)4)12-15-9-7-6-8-13(15)2/h5-9H,1,10-12H2,2-4H3. The summed E-state index contributed by atoms with van der Waals surface area (Å²) < 4.78 is 4.54. The molecule has 1 aromatic carbocycles. The molecule has 0 spiro atoms. The molecule has 28 heavy (non-hydrogen) atoms. The van der Waals surface area contributed by atoms with Gasteiger partial charge >= 0.3 is 5.69 Å². The first-order valence-corrected chi connectivity index (χ1v) is 9.09. The minimum atomic E-state index is -0.385. The zero-order valence-electron chi connectivity index (χ0n) is 16.2. The first-order chi connectivity index (χ1) is 13.4. The van der Waals surface area contributed by atoms with Gasteiger partial charge in [-0.15, -0.1) is 6.58 Å². The smallest absolute Gasteiger partial charge is 0.297 e. The molecule has 0 amide bonds. The molecule has 0 bridgehead atoms. The molecule has 144 valence electrons. The van der Waals surface area contributed by atoms with E-state index in [0.717, 1.165) is 16.8 Å². The van der Waals surface area contributed by atoms with E-state index < -0.39 is 0 Å². The van der Waals surface area contributed by atoms with Gasteiger partial charge in [0.1, 0.15) is 0 Å². The van der Waals surface area contributed by atoms with Gasteiger partial charge in [0.25, 0.3) is 5.56 Å². The Morgan fingerprint density at radius 1 is 1.21 bits per heavy atom. The lowest BCUT2D eigenvalue weighted by Crippen LogP contribution is -2.40. The van der Waals surface area contributed by atoms with E-state index in [-0.39, 0.29) is 17.8 Å². The van der Waals surface area contributed by atoms with Crippen molar-refractivity contribution in [2.45, 2.75) is 26.9 Å². The Bertz CT molecular complexity index is 1240. The van der Waals surface area contributed by atoms with Gasteiger partial charge in [0, 0.05) is 7.05 Å².